The molecule has 2 nitrogen and oxygen atoms in total. The summed E-state index contributed by atoms with van der Waals surface area (Å²) >= 11 is 0. The third kappa shape index (κ3) is 4.01. The Kier molecular flexibility index (Phi) is 6.40. The van der Waals surface area contributed by atoms with Crippen LogP contribution in [0.2, 0.25) is 0 Å². The molecule has 0 saturated carbocycles. The summed E-state index contributed by atoms with van der Waals surface area (Å²) in [5, 5.41) is 0. The number of nitrogens with zero attached hydrogens (tertiary/aromatic N) is 1. The molecule has 0 spiro atoms. The van der Waals surface area contributed by atoms with Gasteiger partial charge in [-0.3, -0.25) is 4.79 Å². The maximum absolute atomic E-state index is 13.1. The van der Waals surface area contributed by atoms with Crippen LogP contribution in [-0.2, 0) is 4.79 Å². The molecule has 0 N–H and O–H groups in total. The summed E-state index contributed by atoms with van der Waals surface area (Å²) in [5.41, 5.74) is 2.33. The lowest BCUT2D eigenvalue weighted by Crippen LogP contribution is -2.39. The Hall–Kier alpha value is -2.09. The Balaban J connectivity index is 2.45. The van der Waals surface area contributed by atoms with Crippen molar-refractivity contribution in [1.29, 1.82) is 0 Å². The number of carbonyl (C=O) groups is 1. The average Bonchev–Trinajstić information content (AvgIpc) is 2.62. The summed E-state index contributed by atoms with van der Waals surface area (Å²) in [6.45, 7) is 6.98. The van der Waals surface area contributed by atoms with Gasteiger partial charge in [-0.1, -0.05) is 74.5 Å². The summed E-state index contributed by atoms with van der Waals surface area (Å²) in [5.74, 6) is 0.361. The minimum atomic E-state index is -0.0181. The third-order valence-electron chi connectivity index (χ3n) is 4.50. The largest absolute Gasteiger partial charge is 0.332 e. The molecule has 0 radical (unpaired) electrons. The number of amides is 1. The Morgan fingerprint density at radius 2 is 1.26 bits per heavy atom. The molecule has 0 unspecified atom stereocenters. The quantitative estimate of drug-likeness (QED) is 0.700. The molecule has 0 aliphatic carbocycles. The van der Waals surface area contributed by atoms with Crippen LogP contribution in [0.4, 0.5) is 0 Å². The van der Waals surface area contributed by atoms with Crippen LogP contribution in [-0.4, -0.2) is 17.4 Å². The molecule has 0 saturated heterocycles. The van der Waals surface area contributed by atoms with E-state index in [1.165, 1.54) is 11.1 Å². The van der Waals surface area contributed by atoms with Gasteiger partial charge in [0, 0.05) is 12.5 Å². The first-order valence-corrected chi connectivity index (χ1v) is 8.63. The first-order chi connectivity index (χ1) is 11.2. The van der Waals surface area contributed by atoms with Crippen LogP contribution in [0.15, 0.2) is 60.7 Å². The molecule has 0 bridgehead atoms. The fourth-order valence-electron chi connectivity index (χ4n) is 3.16. The fraction of sp³-hybridized carbons (Fsp3) is 0.381. The van der Waals surface area contributed by atoms with Crippen molar-refractivity contribution >= 4 is 5.91 Å². The molecule has 2 rings (SSSR count). The summed E-state index contributed by atoms with van der Waals surface area (Å²) < 4.78 is 0. The molecule has 1 amide bonds. The molecule has 0 heterocycles. The van der Waals surface area contributed by atoms with Crippen molar-refractivity contribution in [2.45, 2.75) is 39.7 Å². The van der Waals surface area contributed by atoms with Crippen molar-refractivity contribution in [3.8, 4) is 0 Å². The fourth-order valence-corrected chi connectivity index (χ4v) is 3.16. The third-order valence-corrected chi connectivity index (χ3v) is 4.50. The number of carbonyl (C=O) groups excluding carboxylic acids is 1. The zero-order valence-electron chi connectivity index (χ0n) is 14.4. The first kappa shape index (κ1) is 17.3. The molecule has 2 aromatic carbocycles. The summed E-state index contributed by atoms with van der Waals surface area (Å²) in [7, 11) is 0. The lowest BCUT2D eigenvalue weighted by molar-refractivity contribution is -0.137. The Morgan fingerprint density at radius 3 is 1.61 bits per heavy atom. The number of hydrogen-bond acceptors (Lipinski definition) is 1. The van der Waals surface area contributed by atoms with Crippen LogP contribution in [0.5, 0.6) is 0 Å². The highest BCUT2D eigenvalue weighted by Crippen LogP contribution is 2.30. The topological polar surface area (TPSA) is 20.3 Å². The van der Waals surface area contributed by atoms with Crippen molar-refractivity contribution in [2.75, 3.05) is 6.54 Å². The zero-order valence-corrected chi connectivity index (χ0v) is 14.4. The van der Waals surface area contributed by atoms with Gasteiger partial charge < -0.3 is 4.90 Å². The van der Waals surface area contributed by atoms with Gasteiger partial charge >= 0.3 is 0 Å². The molecule has 0 aliphatic heterocycles. The second-order valence-corrected chi connectivity index (χ2v) is 5.86. The normalized spacial score (nSPS) is 11.0. The van der Waals surface area contributed by atoms with E-state index in [-0.39, 0.29) is 17.9 Å². The first-order valence-electron chi connectivity index (χ1n) is 8.63. The molecule has 0 aromatic heterocycles. The van der Waals surface area contributed by atoms with Gasteiger partial charge in [0.05, 0.1) is 6.04 Å². The van der Waals surface area contributed by atoms with Crippen LogP contribution in [0.1, 0.15) is 50.8 Å². The van der Waals surface area contributed by atoms with E-state index in [2.05, 4.69) is 45.0 Å². The van der Waals surface area contributed by atoms with E-state index in [4.69, 9.17) is 0 Å². The van der Waals surface area contributed by atoms with Crippen molar-refractivity contribution < 1.29 is 4.79 Å². The highest BCUT2D eigenvalue weighted by atomic mass is 16.2. The number of benzene rings is 2. The highest BCUT2D eigenvalue weighted by molar-refractivity contribution is 5.79. The Labute approximate surface area is 140 Å². The second-order valence-electron chi connectivity index (χ2n) is 5.86. The van der Waals surface area contributed by atoms with Gasteiger partial charge in [-0.05, 0) is 30.9 Å². The summed E-state index contributed by atoms with van der Waals surface area (Å²) in [4.78, 5) is 15.1. The van der Waals surface area contributed by atoms with Crippen molar-refractivity contribution in [2.24, 2.45) is 5.92 Å². The molecule has 0 atom stereocenters. The maximum Gasteiger partial charge on any atom is 0.226 e. The van der Waals surface area contributed by atoms with E-state index >= 15 is 0 Å². The predicted molar refractivity (Wildman–Crippen MR) is 96.2 cm³/mol. The van der Waals surface area contributed by atoms with Gasteiger partial charge in [-0.15, -0.1) is 0 Å². The van der Waals surface area contributed by atoms with Crippen LogP contribution in [0.25, 0.3) is 0 Å². The van der Waals surface area contributed by atoms with Crippen LogP contribution in [0.3, 0.4) is 0 Å². The maximum atomic E-state index is 13.1. The monoisotopic (exact) mass is 309 g/mol. The minimum absolute atomic E-state index is 0.0181. The lowest BCUT2D eigenvalue weighted by Gasteiger charge is -2.34. The molecule has 0 fully saturated rings. The highest BCUT2D eigenvalue weighted by Gasteiger charge is 2.28. The molecule has 2 heteroatoms. The van der Waals surface area contributed by atoms with Gasteiger partial charge in [-0.25, -0.2) is 0 Å². The van der Waals surface area contributed by atoms with E-state index in [9.17, 15) is 4.79 Å². The van der Waals surface area contributed by atoms with Gasteiger partial charge in [0.25, 0.3) is 0 Å². The molecular formula is C21H27NO. The van der Waals surface area contributed by atoms with Crippen molar-refractivity contribution in [1.82, 2.24) is 4.90 Å². The molecule has 122 valence electrons. The molecule has 0 aliphatic rings. The SMILES string of the molecule is CCC(CC)C(=O)N(CC)C(c1ccccc1)c1ccccc1. The van der Waals surface area contributed by atoms with E-state index in [1.54, 1.807) is 0 Å². The summed E-state index contributed by atoms with van der Waals surface area (Å²) in [6, 6.07) is 20.6. The van der Waals surface area contributed by atoms with E-state index < -0.39 is 0 Å². The van der Waals surface area contributed by atoms with Crippen LogP contribution in [0, 0.1) is 5.92 Å². The average molecular weight is 309 g/mol. The molecular weight excluding hydrogens is 282 g/mol. The number of hydrogen-bond donors (Lipinski definition) is 0. The van der Waals surface area contributed by atoms with Crippen LogP contribution < -0.4 is 0 Å². The van der Waals surface area contributed by atoms with Gasteiger partial charge in [0.15, 0.2) is 0 Å². The zero-order chi connectivity index (χ0) is 16.7. The van der Waals surface area contributed by atoms with Crippen molar-refractivity contribution in [3.05, 3.63) is 71.8 Å². The molecule has 23 heavy (non-hydrogen) atoms. The standard InChI is InChI=1S/C21H27NO/c1-4-17(5-2)21(23)22(6-3)20(18-13-9-7-10-14-18)19-15-11-8-12-16-19/h7-17,20H,4-6H2,1-3H3. The van der Waals surface area contributed by atoms with E-state index in [0.29, 0.717) is 6.54 Å². The second kappa shape index (κ2) is 8.52. The minimum Gasteiger partial charge on any atom is -0.332 e. The van der Waals surface area contributed by atoms with E-state index in [1.807, 2.05) is 41.3 Å². The predicted octanol–water partition coefficient (Wildman–Crippen LogP) is 5.06. The van der Waals surface area contributed by atoms with Gasteiger partial charge in [-0.2, -0.15) is 0 Å². The summed E-state index contributed by atoms with van der Waals surface area (Å²) in [6.07, 6.45) is 1.78. The van der Waals surface area contributed by atoms with Gasteiger partial charge in [0.1, 0.15) is 0 Å². The van der Waals surface area contributed by atoms with Crippen molar-refractivity contribution in [3.63, 3.8) is 0 Å². The molecule has 2 aromatic rings. The van der Waals surface area contributed by atoms with E-state index in [0.717, 1.165) is 12.8 Å². The number of rotatable bonds is 7. The van der Waals surface area contributed by atoms with Crippen LogP contribution >= 0.6 is 0 Å². The Morgan fingerprint density at radius 1 is 0.826 bits per heavy atom. The Bertz CT molecular complexity index is 550. The lowest BCUT2D eigenvalue weighted by atomic mass is 9.94. The van der Waals surface area contributed by atoms with Gasteiger partial charge in [0.2, 0.25) is 5.91 Å². The smallest absolute Gasteiger partial charge is 0.226 e.